The third-order valence-corrected chi connectivity index (χ3v) is 7.48. The van der Waals surface area contributed by atoms with Crippen molar-refractivity contribution >= 4 is 29.3 Å². The molecule has 0 aliphatic heterocycles. The molecule has 1 amide bonds. The molecule has 0 N–H and O–H groups in total. The maximum absolute atomic E-state index is 12.7. The summed E-state index contributed by atoms with van der Waals surface area (Å²) in [5.74, 6) is 2.93. The number of hydrogen-bond donors (Lipinski definition) is 0. The lowest BCUT2D eigenvalue weighted by Crippen LogP contribution is -2.28. The zero-order valence-corrected chi connectivity index (χ0v) is 23.3. The zero-order chi connectivity index (χ0) is 26.9. The summed E-state index contributed by atoms with van der Waals surface area (Å²) in [6.45, 7) is 0.630. The predicted octanol–water partition coefficient (Wildman–Crippen LogP) is 6.18. The molecule has 0 fully saturated rings. The highest BCUT2D eigenvalue weighted by molar-refractivity contribution is 7.99. The van der Waals surface area contributed by atoms with Gasteiger partial charge in [0.05, 0.1) is 19.2 Å². The first-order valence-corrected chi connectivity index (χ1v) is 13.7. The van der Waals surface area contributed by atoms with E-state index in [1.807, 2.05) is 84.4 Å². The van der Waals surface area contributed by atoms with Crippen molar-refractivity contribution < 1.29 is 14.3 Å². The molecule has 0 aliphatic carbocycles. The Hall–Kier alpha value is -3.49. The molecule has 0 unspecified atom stereocenters. The number of halogens is 1. The Morgan fingerprint density at radius 3 is 2.45 bits per heavy atom. The fraction of sp³-hybridized carbons (Fsp3) is 0.276. The number of methoxy groups -OCH3 is 2. The van der Waals surface area contributed by atoms with Gasteiger partial charge in [-0.05, 0) is 54.8 Å². The number of rotatable bonds is 12. The normalized spacial score (nSPS) is 10.8. The average molecular weight is 551 g/mol. The minimum atomic E-state index is 0.118. The molecule has 0 atom stereocenters. The van der Waals surface area contributed by atoms with Gasteiger partial charge in [0.1, 0.15) is 0 Å². The molecule has 198 valence electrons. The monoisotopic (exact) mass is 550 g/mol. The van der Waals surface area contributed by atoms with Gasteiger partial charge in [-0.1, -0.05) is 59.8 Å². The van der Waals surface area contributed by atoms with Crippen LogP contribution in [0.3, 0.4) is 0 Å². The molecule has 4 rings (SSSR count). The molecular formula is C29H31ClN4O3S. The first kappa shape index (κ1) is 27.5. The van der Waals surface area contributed by atoms with E-state index < -0.39 is 0 Å². The second-order valence-electron chi connectivity index (χ2n) is 8.66. The summed E-state index contributed by atoms with van der Waals surface area (Å²) >= 11 is 8.05. The smallest absolute Gasteiger partial charge is 0.222 e. The Bertz CT molecular complexity index is 1360. The predicted molar refractivity (Wildman–Crippen MR) is 153 cm³/mol. The van der Waals surface area contributed by atoms with Gasteiger partial charge < -0.3 is 14.4 Å². The van der Waals surface area contributed by atoms with Crippen LogP contribution in [0, 0.1) is 0 Å². The summed E-state index contributed by atoms with van der Waals surface area (Å²) in [5.41, 5.74) is 2.87. The van der Waals surface area contributed by atoms with Crippen LogP contribution in [0.25, 0.3) is 17.1 Å². The number of thioether (sulfide) groups is 1. The van der Waals surface area contributed by atoms with Crippen LogP contribution in [0.15, 0.2) is 78.0 Å². The third-order valence-electron chi connectivity index (χ3n) is 6.14. The van der Waals surface area contributed by atoms with Crippen LogP contribution in [0.5, 0.6) is 11.5 Å². The van der Waals surface area contributed by atoms with E-state index in [-0.39, 0.29) is 5.91 Å². The van der Waals surface area contributed by atoms with E-state index >= 15 is 0 Å². The van der Waals surface area contributed by atoms with Gasteiger partial charge in [0.15, 0.2) is 22.5 Å². The summed E-state index contributed by atoms with van der Waals surface area (Å²) < 4.78 is 12.7. The van der Waals surface area contributed by atoms with Gasteiger partial charge in [0.2, 0.25) is 5.91 Å². The fourth-order valence-electron chi connectivity index (χ4n) is 4.03. The van der Waals surface area contributed by atoms with E-state index in [9.17, 15) is 4.79 Å². The molecule has 7 nitrogen and oxygen atoms in total. The van der Waals surface area contributed by atoms with E-state index in [0.717, 1.165) is 40.6 Å². The van der Waals surface area contributed by atoms with Crippen LogP contribution in [0.1, 0.15) is 18.4 Å². The SMILES string of the molecule is COc1ccc(CCN(C)C(=O)CCCSc2nnc(-c3ccccc3Cl)n2-c2ccccc2)cc1OC. The minimum absolute atomic E-state index is 0.118. The lowest BCUT2D eigenvalue weighted by atomic mass is 10.1. The lowest BCUT2D eigenvalue weighted by molar-refractivity contribution is -0.129. The van der Waals surface area contributed by atoms with Crippen LogP contribution in [-0.4, -0.2) is 59.1 Å². The molecule has 0 aliphatic rings. The number of carbonyl (C=O) groups excluding carboxylic acids is 1. The molecule has 0 saturated carbocycles. The standard InChI is InChI=1S/C29H31ClN4O3S/c1-33(18-17-21-15-16-25(36-2)26(20-21)37-3)27(35)14-9-19-38-29-32-31-28(23-12-7-8-13-24(23)30)34(29)22-10-5-4-6-11-22/h4-8,10-13,15-16,20H,9,14,17-19H2,1-3H3. The van der Waals surface area contributed by atoms with Gasteiger partial charge in [-0.15, -0.1) is 10.2 Å². The van der Waals surface area contributed by atoms with Crippen molar-refractivity contribution in [2.75, 3.05) is 33.6 Å². The summed E-state index contributed by atoms with van der Waals surface area (Å²) in [6, 6.07) is 23.4. The van der Waals surface area contributed by atoms with Crippen molar-refractivity contribution in [1.29, 1.82) is 0 Å². The second-order valence-corrected chi connectivity index (χ2v) is 10.1. The van der Waals surface area contributed by atoms with E-state index in [1.165, 1.54) is 0 Å². The first-order valence-electron chi connectivity index (χ1n) is 12.3. The number of likely N-dealkylation sites (N-methyl/N-ethyl adjacent to an activating group) is 1. The van der Waals surface area contributed by atoms with Crippen LogP contribution >= 0.6 is 23.4 Å². The number of para-hydroxylation sites is 1. The quantitative estimate of drug-likeness (QED) is 0.155. The molecule has 3 aromatic carbocycles. The van der Waals surface area contributed by atoms with Gasteiger partial charge in [0.25, 0.3) is 0 Å². The molecule has 0 radical (unpaired) electrons. The summed E-state index contributed by atoms with van der Waals surface area (Å²) in [6.07, 6.45) is 1.93. The van der Waals surface area contributed by atoms with Gasteiger partial charge in [-0.2, -0.15) is 0 Å². The highest BCUT2D eigenvalue weighted by Gasteiger charge is 2.18. The van der Waals surface area contributed by atoms with Gasteiger partial charge in [-0.25, -0.2) is 0 Å². The molecule has 0 bridgehead atoms. The van der Waals surface area contributed by atoms with Crippen molar-refractivity contribution in [2.24, 2.45) is 0 Å². The highest BCUT2D eigenvalue weighted by atomic mass is 35.5. The number of hydrogen-bond acceptors (Lipinski definition) is 6. The number of aromatic nitrogens is 3. The molecule has 0 spiro atoms. The molecule has 1 heterocycles. The van der Waals surface area contributed by atoms with Crippen LogP contribution in [0.2, 0.25) is 5.02 Å². The number of carbonyl (C=O) groups is 1. The highest BCUT2D eigenvalue weighted by Crippen LogP contribution is 2.32. The Morgan fingerprint density at radius 1 is 0.974 bits per heavy atom. The maximum atomic E-state index is 12.7. The van der Waals surface area contributed by atoms with Gasteiger partial charge in [0, 0.05) is 37.0 Å². The number of nitrogens with zero attached hydrogens (tertiary/aromatic N) is 4. The maximum Gasteiger partial charge on any atom is 0.222 e. The van der Waals surface area contributed by atoms with Crippen molar-refractivity contribution in [3.8, 4) is 28.6 Å². The molecule has 1 aromatic heterocycles. The van der Waals surface area contributed by atoms with Crippen molar-refractivity contribution in [3.05, 3.63) is 83.4 Å². The molecular weight excluding hydrogens is 520 g/mol. The van der Waals surface area contributed by atoms with Gasteiger partial charge >= 0.3 is 0 Å². The summed E-state index contributed by atoms with van der Waals surface area (Å²) in [7, 11) is 5.08. The third kappa shape index (κ3) is 6.68. The Kier molecular flexibility index (Phi) is 9.67. The number of benzene rings is 3. The van der Waals surface area contributed by atoms with Crippen LogP contribution in [-0.2, 0) is 11.2 Å². The largest absolute Gasteiger partial charge is 0.493 e. The van der Waals surface area contributed by atoms with Crippen molar-refractivity contribution in [3.63, 3.8) is 0 Å². The summed E-state index contributed by atoms with van der Waals surface area (Å²) in [5, 5.41) is 10.3. The van der Waals surface area contributed by atoms with E-state index in [0.29, 0.717) is 35.3 Å². The summed E-state index contributed by atoms with van der Waals surface area (Å²) in [4.78, 5) is 14.5. The Morgan fingerprint density at radius 2 is 1.71 bits per heavy atom. The lowest BCUT2D eigenvalue weighted by Gasteiger charge is -2.18. The zero-order valence-electron chi connectivity index (χ0n) is 21.8. The fourth-order valence-corrected chi connectivity index (χ4v) is 5.14. The number of ether oxygens (including phenoxy) is 2. The first-order chi connectivity index (χ1) is 18.5. The van der Waals surface area contributed by atoms with Crippen LogP contribution < -0.4 is 9.47 Å². The molecule has 9 heteroatoms. The van der Waals surface area contributed by atoms with E-state index in [2.05, 4.69) is 10.2 Å². The Balaban J connectivity index is 1.34. The minimum Gasteiger partial charge on any atom is -0.493 e. The van der Waals surface area contributed by atoms with Gasteiger partial charge in [-0.3, -0.25) is 9.36 Å². The molecule has 0 saturated heterocycles. The van der Waals surface area contributed by atoms with Crippen molar-refractivity contribution in [2.45, 2.75) is 24.4 Å². The molecule has 4 aromatic rings. The van der Waals surface area contributed by atoms with Crippen molar-refractivity contribution in [1.82, 2.24) is 19.7 Å². The van der Waals surface area contributed by atoms with Crippen LogP contribution in [0.4, 0.5) is 0 Å². The van der Waals surface area contributed by atoms with E-state index in [4.69, 9.17) is 21.1 Å². The average Bonchev–Trinajstić information content (AvgIpc) is 3.37. The second kappa shape index (κ2) is 13.3. The Labute approximate surface area is 232 Å². The topological polar surface area (TPSA) is 69.5 Å². The number of amides is 1. The molecule has 38 heavy (non-hydrogen) atoms. The van der Waals surface area contributed by atoms with E-state index in [1.54, 1.807) is 30.9 Å².